The number of rotatable bonds is 8. The second-order valence-electron chi connectivity index (χ2n) is 10.3. The predicted octanol–water partition coefficient (Wildman–Crippen LogP) is 6.46. The first-order chi connectivity index (χ1) is 15.0. The third kappa shape index (κ3) is 5.87. The van der Waals surface area contributed by atoms with Gasteiger partial charge in [0.05, 0.1) is 9.79 Å². The van der Waals surface area contributed by atoms with Gasteiger partial charge in [-0.15, -0.1) is 4.13 Å². The van der Waals surface area contributed by atoms with Gasteiger partial charge in [-0.1, -0.05) is 90.8 Å². The molecule has 0 saturated heterocycles. The Morgan fingerprint density at radius 3 is 0.909 bits per heavy atom. The average molecular weight is 494 g/mol. The van der Waals surface area contributed by atoms with Crippen LogP contribution in [0.3, 0.4) is 0 Å². The first kappa shape index (κ1) is 27.5. The smallest absolute Gasteiger partial charge is 0.206 e. The largest absolute Gasteiger partial charge is 0.254 e. The van der Waals surface area contributed by atoms with Crippen LogP contribution in [0.15, 0.2) is 34.1 Å². The quantitative estimate of drug-likeness (QED) is 0.457. The molecule has 2 rings (SSSR count). The van der Waals surface area contributed by atoms with Gasteiger partial charge in [-0.25, -0.2) is 16.8 Å². The molecule has 1 N–H and O–H groups in total. The first-order valence-corrected chi connectivity index (χ1v) is 14.5. The van der Waals surface area contributed by atoms with Crippen LogP contribution in [0.5, 0.6) is 0 Å². The van der Waals surface area contributed by atoms with Crippen LogP contribution in [0.4, 0.5) is 0 Å². The van der Waals surface area contributed by atoms with E-state index in [9.17, 15) is 16.8 Å². The maximum absolute atomic E-state index is 13.7. The van der Waals surface area contributed by atoms with E-state index < -0.39 is 20.0 Å². The zero-order valence-corrected chi connectivity index (χ0v) is 23.2. The van der Waals surface area contributed by atoms with E-state index in [0.29, 0.717) is 22.3 Å². The fraction of sp³-hybridized carbons (Fsp3) is 0.538. The van der Waals surface area contributed by atoms with Crippen molar-refractivity contribution >= 4 is 20.0 Å². The first-order valence-electron chi connectivity index (χ1n) is 11.6. The van der Waals surface area contributed by atoms with Crippen LogP contribution in [-0.2, 0) is 20.0 Å². The molecule has 0 radical (unpaired) electrons. The molecule has 0 spiro atoms. The van der Waals surface area contributed by atoms with Crippen molar-refractivity contribution in [1.82, 2.24) is 4.13 Å². The standard InChI is InChI=1S/C26H39NO4S2/c1-15(2)21-11-19(9)12-22(16(3)4)25(21)32(28,29)27-33(30,31)26-23(17(5)6)13-20(10)14-24(26)18(7)8/h11-18,27H,1-10H3. The zero-order valence-electron chi connectivity index (χ0n) is 21.6. The third-order valence-electron chi connectivity index (χ3n) is 5.83. The lowest BCUT2D eigenvalue weighted by Crippen LogP contribution is -2.34. The summed E-state index contributed by atoms with van der Waals surface area (Å²) in [5.41, 5.74) is 4.40. The van der Waals surface area contributed by atoms with Gasteiger partial charge in [0.15, 0.2) is 0 Å². The van der Waals surface area contributed by atoms with Gasteiger partial charge in [0.2, 0.25) is 0 Å². The third-order valence-corrected chi connectivity index (χ3v) is 9.60. The number of nitrogens with one attached hydrogen (secondary N) is 1. The van der Waals surface area contributed by atoms with Gasteiger partial charge >= 0.3 is 0 Å². The fourth-order valence-corrected chi connectivity index (χ4v) is 8.47. The normalized spacial score (nSPS) is 13.0. The summed E-state index contributed by atoms with van der Waals surface area (Å²) in [5.74, 6) is -0.357. The van der Waals surface area contributed by atoms with Crippen molar-refractivity contribution in [2.24, 2.45) is 0 Å². The van der Waals surface area contributed by atoms with Crippen LogP contribution in [0, 0.1) is 13.8 Å². The Bertz CT molecular complexity index is 1080. The fourth-order valence-electron chi connectivity index (χ4n) is 4.22. The van der Waals surface area contributed by atoms with E-state index in [0.717, 1.165) is 11.1 Å². The number of hydrogen-bond acceptors (Lipinski definition) is 4. The van der Waals surface area contributed by atoms with E-state index in [4.69, 9.17) is 0 Å². The monoisotopic (exact) mass is 493 g/mol. The molecular formula is C26H39NO4S2. The van der Waals surface area contributed by atoms with Crippen LogP contribution < -0.4 is 4.13 Å². The van der Waals surface area contributed by atoms with Gasteiger partial charge < -0.3 is 0 Å². The molecule has 2 aromatic carbocycles. The van der Waals surface area contributed by atoms with Crippen molar-refractivity contribution in [1.29, 1.82) is 0 Å². The summed E-state index contributed by atoms with van der Waals surface area (Å²) in [5, 5.41) is 0. The van der Waals surface area contributed by atoms with Crippen molar-refractivity contribution in [3.05, 3.63) is 57.6 Å². The maximum atomic E-state index is 13.7. The molecule has 0 unspecified atom stereocenters. The molecule has 0 aliphatic heterocycles. The molecule has 33 heavy (non-hydrogen) atoms. The van der Waals surface area contributed by atoms with Crippen LogP contribution in [-0.4, -0.2) is 16.8 Å². The van der Waals surface area contributed by atoms with E-state index in [2.05, 4.69) is 4.13 Å². The van der Waals surface area contributed by atoms with Gasteiger partial charge in [-0.05, 0) is 59.8 Å². The molecule has 0 amide bonds. The van der Waals surface area contributed by atoms with Gasteiger partial charge in [-0.3, -0.25) is 0 Å². The Labute approximate surface area is 201 Å². The Hall–Kier alpha value is -1.70. The zero-order chi connectivity index (χ0) is 25.5. The number of aryl methyl sites for hydroxylation is 2. The van der Waals surface area contributed by atoms with Gasteiger partial charge in [0.25, 0.3) is 20.0 Å². The van der Waals surface area contributed by atoms with Crippen LogP contribution in [0.25, 0.3) is 0 Å². The Balaban J connectivity index is 2.83. The molecule has 0 fully saturated rings. The van der Waals surface area contributed by atoms with E-state index in [-0.39, 0.29) is 33.5 Å². The Morgan fingerprint density at radius 2 is 0.727 bits per heavy atom. The van der Waals surface area contributed by atoms with Crippen molar-refractivity contribution < 1.29 is 16.8 Å². The van der Waals surface area contributed by atoms with Crippen LogP contribution >= 0.6 is 0 Å². The van der Waals surface area contributed by atoms with Gasteiger partial charge in [-0.2, -0.15) is 0 Å². The minimum atomic E-state index is -4.37. The minimum Gasteiger partial charge on any atom is -0.206 e. The summed E-state index contributed by atoms with van der Waals surface area (Å²) in [6.07, 6.45) is 0. The molecule has 0 bridgehead atoms. The molecule has 0 aliphatic carbocycles. The lowest BCUT2D eigenvalue weighted by atomic mass is 9.93. The summed E-state index contributed by atoms with van der Waals surface area (Å²) >= 11 is 0. The van der Waals surface area contributed by atoms with Gasteiger partial charge in [0.1, 0.15) is 0 Å². The second-order valence-corrected chi connectivity index (χ2v) is 13.8. The minimum absolute atomic E-state index is 0.0750. The van der Waals surface area contributed by atoms with E-state index in [1.165, 1.54) is 0 Å². The second kappa shape index (κ2) is 9.88. The maximum Gasteiger partial charge on any atom is 0.254 e. The number of benzene rings is 2. The molecule has 0 atom stereocenters. The number of sulfonamides is 2. The van der Waals surface area contributed by atoms with Crippen molar-refractivity contribution in [2.75, 3.05) is 0 Å². The highest BCUT2D eigenvalue weighted by Crippen LogP contribution is 2.36. The predicted molar refractivity (Wildman–Crippen MR) is 136 cm³/mol. The summed E-state index contributed by atoms with van der Waals surface area (Å²) in [4.78, 5) is 0.150. The van der Waals surface area contributed by atoms with E-state index >= 15 is 0 Å². The molecule has 184 valence electrons. The summed E-state index contributed by atoms with van der Waals surface area (Å²) < 4.78 is 57.0. The van der Waals surface area contributed by atoms with E-state index in [1.54, 1.807) is 0 Å². The highest BCUT2D eigenvalue weighted by Gasteiger charge is 2.34. The SMILES string of the molecule is Cc1cc(C(C)C)c(S(=O)(=O)NS(=O)(=O)c2c(C(C)C)cc(C)cc2C(C)C)c(C(C)C)c1. The Kier molecular flexibility index (Phi) is 8.25. The molecule has 5 nitrogen and oxygen atoms in total. The van der Waals surface area contributed by atoms with Gasteiger partial charge in [0, 0.05) is 0 Å². The molecule has 2 aromatic rings. The van der Waals surface area contributed by atoms with Crippen LogP contribution in [0.1, 0.15) is 112 Å². The van der Waals surface area contributed by atoms with E-state index in [1.807, 2.05) is 93.5 Å². The molecular weight excluding hydrogens is 454 g/mol. The summed E-state index contributed by atoms with van der Waals surface area (Å²) in [7, 11) is -8.73. The average Bonchev–Trinajstić information content (AvgIpc) is 2.64. The topological polar surface area (TPSA) is 80.3 Å². The van der Waals surface area contributed by atoms with Crippen molar-refractivity contribution in [3.8, 4) is 0 Å². The van der Waals surface area contributed by atoms with Crippen molar-refractivity contribution in [2.45, 2.75) is 103 Å². The lowest BCUT2D eigenvalue weighted by molar-refractivity contribution is 0.571. The van der Waals surface area contributed by atoms with Crippen LogP contribution in [0.2, 0.25) is 0 Å². The molecule has 0 aromatic heterocycles. The molecule has 0 aliphatic rings. The summed E-state index contributed by atoms with van der Waals surface area (Å²) in [6.45, 7) is 19.2. The molecule has 0 heterocycles. The highest BCUT2D eigenvalue weighted by molar-refractivity contribution is 8.04. The molecule has 0 saturated carbocycles. The Morgan fingerprint density at radius 1 is 0.515 bits per heavy atom. The summed E-state index contributed by atoms with van der Waals surface area (Å²) in [6, 6.07) is 7.34. The highest BCUT2D eigenvalue weighted by atomic mass is 32.3. The molecule has 7 heteroatoms. The number of hydrogen-bond donors (Lipinski definition) is 1. The lowest BCUT2D eigenvalue weighted by Gasteiger charge is -2.23. The van der Waals surface area contributed by atoms with Crippen molar-refractivity contribution in [3.63, 3.8) is 0 Å².